The molecule has 0 aromatic heterocycles. The number of halogens is 1. The number of nitrogens with zero attached hydrogens (tertiary/aromatic N) is 3. The van der Waals surface area contributed by atoms with Crippen LogP contribution in [0.15, 0.2) is 23.2 Å². The number of hydrogen-bond acceptors (Lipinski definition) is 4. The van der Waals surface area contributed by atoms with Crippen LogP contribution in [0.4, 0.5) is 5.69 Å². The van der Waals surface area contributed by atoms with Crippen LogP contribution in [0.5, 0.6) is 0 Å². The Morgan fingerprint density at radius 3 is 2.44 bits per heavy atom. The Kier molecular flexibility index (Phi) is 9.86. The van der Waals surface area contributed by atoms with Crippen molar-refractivity contribution in [3.05, 3.63) is 29.3 Å². The van der Waals surface area contributed by atoms with Gasteiger partial charge in [0.2, 0.25) is 0 Å². The molecule has 0 radical (unpaired) electrons. The lowest BCUT2D eigenvalue weighted by Crippen LogP contribution is -2.52. The van der Waals surface area contributed by atoms with Crippen molar-refractivity contribution in [1.29, 1.82) is 0 Å². The fraction of sp³-hybridized carbons (Fsp3) is 0.632. The van der Waals surface area contributed by atoms with Gasteiger partial charge in [0.05, 0.1) is 5.75 Å². The molecule has 1 saturated heterocycles. The first-order chi connectivity index (χ1) is 12.3. The minimum atomic E-state index is -2.91. The predicted octanol–water partition coefficient (Wildman–Crippen LogP) is 2.44. The molecule has 8 heteroatoms. The Hall–Kier alpha value is -1.03. The number of anilines is 1. The predicted molar refractivity (Wildman–Crippen MR) is 125 cm³/mol. The van der Waals surface area contributed by atoms with Crippen LogP contribution in [0.25, 0.3) is 0 Å². The monoisotopic (exact) mass is 508 g/mol. The van der Waals surface area contributed by atoms with Gasteiger partial charge in [0, 0.05) is 51.2 Å². The van der Waals surface area contributed by atoms with E-state index < -0.39 is 9.84 Å². The summed E-state index contributed by atoms with van der Waals surface area (Å²) in [6.07, 6.45) is 1.84. The van der Waals surface area contributed by atoms with Gasteiger partial charge in [0.1, 0.15) is 9.84 Å². The second-order valence-electron chi connectivity index (χ2n) is 6.91. The van der Waals surface area contributed by atoms with Crippen molar-refractivity contribution in [2.45, 2.75) is 27.2 Å². The quantitative estimate of drug-likeness (QED) is 0.277. The molecule has 0 spiro atoms. The lowest BCUT2D eigenvalue weighted by atomic mass is 10.1. The van der Waals surface area contributed by atoms with Crippen LogP contribution in [-0.2, 0) is 9.84 Å². The summed E-state index contributed by atoms with van der Waals surface area (Å²) in [7, 11) is -2.91. The number of rotatable bonds is 6. The summed E-state index contributed by atoms with van der Waals surface area (Å²) in [4.78, 5) is 9.32. The van der Waals surface area contributed by atoms with Gasteiger partial charge in [0.15, 0.2) is 5.96 Å². The fourth-order valence-corrected chi connectivity index (χ4v) is 3.83. The maximum absolute atomic E-state index is 11.2. The highest BCUT2D eigenvalue weighted by atomic mass is 127. The number of piperazine rings is 1. The number of benzene rings is 1. The lowest BCUT2D eigenvalue weighted by Gasteiger charge is -2.38. The number of nitrogens with one attached hydrogen (secondary N) is 1. The zero-order valence-corrected chi connectivity index (χ0v) is 20.0. The summed E-state index contributed by atoms with van der Waals surface area (Å²) in [5.74, 6) is 1.08. The van der Waals surface area contributed by atoms with Crippen molar-refractivity contribution in [3.63, 3.8) is 0 Å². The SMILES string of the molecule is CCNC(=NCCCS(C)(=O)=O)N1CCN(c2cccc(C)c2C)CC1.I. The fourth-order valence-electron chi connectivity index (χ4n) is 3.17. The third kappa shape index (κ3) is 7.48. The summed E-state index contributed by atoms with van der Waals surface area (Å²) in [6.45, 7) is 11.5. The highest BCUT2D eigenvalue weighted by molar-refractivity contribution is 14.0. The van der Waals surface area contributed by atoms with Gasteiger partial charge in [-0.25, -0.2) is 8.42 Å². The minimum absolute atomic E-state index is 0. The topological polar surface area (TPSA) is 65.0 Å². The van der Waals surface area contributed by atoms with E-state index in [1.54, 1.807) is 0 Å². The Labute approximate surface area is 181 Å². The number of sulfone groups is 1. The van der Waals surface area contributed by atoms with E-state index >= 15 is 0 Å². The summed E-state index contributed by atoms with van der Waals surface area (Å²) in [6, 6.07) is 6.47. The number of aliphatic imine (C=N–C) groups is 1. The second-order valence-corrected chi connectivity index (χ2v) is 9.17. The Morgan fingerprint density at radius 2 is 1.85 bits per heavy atom. The third-order valence-electron chi connectivity index (χ3n) is 4.77. The van der Waals surface area contributed by atoms with Gasteiger partial charge in [-0.2, -0.15) is 0 Å². The lowest BCUT2D eigenvalue weighted by molar-refractivity contribution is 0.372. The highest BCUT2D eigenvalue weighted by Crippen LogP contribution is 2.23. The Balaban J connectivity index is 0.00000364. The third-order valence-corrected chi connectivity index (χ3v) is 5.80. The molecule has 1 aliphatic rings. The molecule has 1 fully saturated rings. The van der Waals surface area contributed by atoms with E-state index in [-0.39, 0.29) is 29.7 Å². The van der Waals surface area contributed by atoms with Crippen LogP contribution < -0.4 is 10.2 Å². The molecule has 1 heterocycles. The first-order valence-corrected chi connectivity index (χ1v) is 11.4. The van der Waals surface area contributed by atoms with Crippen molar-refractivity contribution in [3.8, 4) is 0 Å². The maximum Gasteiger partial charge on any atom is 0.194 e. The first kappa shape index (κ1) is 24.0. The van der Waals surface area contributed by atoms with E-state index in [2.05, 4.69) is 59.1 Å². The van der Waals surface area contributed by atoms with Crippen LogP contribution in [0.1, 0.15) is 24.5 Å². The number of guanidine groups is 1. The van der Waals surface area contributed by atoms with Crippen molar-refractivity contribution in [2.24, 2.45) is 4.99 Å². The molecule has 0 unspecified atom stereocenters. The van der Waals surface area contributed by atoms with E-state index in [4.69, 9.17) is 0 Å². The molecule has 6 nitrogen and oxygen atoms in total. The molecule has 1 N–H and O–H groups in total. The smallest absolute Gasteiger partial charge is 0.194 e. The van der Waals surface area contributed by atoms with E-state index in [0.29, 0.717) is 13.0 Å². The molecule has 154 valence electrons. The molecule has 1 aromatic rings. The maximum atomic E-state index is 11.2. The van der Waals surface area contributed by atoms with Crippen molar-refractivity contribution in [1.82, 2.24) is 10.2 Å². The van der Waals surface area contributed by atoms with Crippen molar-refractivity contribution < 1.29 is 8.42 Å². The summed E-state index contributed by atoms with van der Waals surface area (Å²) >= 11 is 0. The highest BCUT2D eigenvalue weighted by Gasteiger charge is 2.21. The van der Waals surface area contributed by atoms with Crippen molar-refractivity contribution in [2.75, 3.05) is 56.2 Å². The molecule has 2 rings (SSSR count). The second kappa shape index (κ2) is 11.1. The molecule has 27 heavy (non-hydrogen) atoms. The van der Waals surface area contributed by atoms with Crippen LogP contribution in [0.3, 0.4) is 0 Å². The molecule has 1 aliphatic heterocycles. The van der Waals surface area contributed by atoms with Gasteiger partial charge in [-0.3, -0.25) is 4.99 Å². The zero-order chi connectivity index (χ0) is 19.2. The molecular weight excluding hydrogens is 475 g/mol. The van der Waals surface area contributed by atoms with Crippen LogP contribution in [0, 0.1) is 13.8 Å². The van der Waals surface area contributed by atoms with E-state index in [1.165, 1.54) is 23.1 Å². The average Bonchev–Trinajstić information content (AvgIpc) is 2.59. The number of hydrogen-bond donors (Lipinski definition) is 1. The first-order valence-electron chi connectivity index (χ1n) is 9.34. The van der Waals surface area contributed by atoms with Crippen LogP contribution in [-0.4, -0.2) is 70.6 Å². The summed E-state index contributed by atoms with van der Waals surface area (Å²) in [5.41, 5.74) is 3.99. The molecule has 1 aromatic carbocycles. The van der Waals surface area contributed by atoms with E-state index in [0.717, 1.165) is 38.7 Å². The van der Waals surface area contributed by atoms with E-state index in [9.17, 15) is 8.42 Å². The van der Waals surface area contributed by atoms with Gasteiger partial charge < -0.3 is 15.1 Å². The van der Waals surface area contributed by atoms with Gasteiger partial charge in [-0.15, -0.1) is 24.0 Å². The van der Waals surface area contributed by atoms with Gasteiger partial charge >= 0.3 is 0 Å². The van der Waals surface area contributed by atoms with Gasteiger partial charge in [-0.1, -0.05) is 12.1 Å². The normalized spacial score (nSPS) is 15.5. The molecule has 0 atom stereocenters. The molecule has 0 saturated carbocycles. The summed E-state index contributed by atoms with van der Waals surface area (Å²) < 4.78 is 22.5. The van der Waals surface area contributed by atoms with Gasteiger partial charge in [0.25, 0.3) is 0 Å². The Morgan fingerprint density at radius 1 is 1.19 bits per heavy atom. The molecule has 0 bridgehead atoms. The zero-order valence-electron chi connectivity index (χ0n) is 16.9. The standard InChI is InChI=1S/C19H32N4O2S.HI/c1-5-20-19(21-10-7-15-26(4,24)25)23-13-11-22(12-14-23)18-9-6-8-16(2)17(18)3;/h6,8-9H,5,7,10-15H2,1-4H3,(H,20,21);1H. The van der Waals surface area contributed by atoms with E-state index in [1.807, 2.05) is 0 Å². The van der Waals surface area contributed by atoms with Crippen molar-refractivity contribution >= 4 is 45.5 Å². The average molecular weight is 508 g/mol. The van der Waals surface area contributed by atoms with Gasteiger partial charge in [-0.05, 0) is 44.4 Å². The molecular formula is C19H33IN4O2S. The molecule has 0 aliphatic carbocycles. The Bertz CT molecular complexity index is 729. The molecule has 0 amide bonds. The minimum Gasteiger partial charge on any atom is -0.368 e. The largest absolute Gasteiger partial charge is 0.368 e. The number of aryl methyl sites for hydroxylation is 1. The van der Waals surface area contributed by atoms with Crippen LogP contribution >= 0.6 is 24.0 Å². The summed E-state index contributed by atoms with van der Waals surface area (Å²) in [5, 5.41) is 3.33. The van der Waals surface area contributed by atoms with Crippen LogP contribution in [0.2, 0.25) is 0 Å².